The van der Waals surface area contributed by atoms with Crippen LogP contribution in [0.1, 0.15) is 6.92 Å². The SMILES string of the molecule is CN1CCN2OP3(=O)OC2(O3)C1(C)S(=O)(=O)c1ccccc1. The predicted molar refractivity (Wildman–Crippen MR) is 75.0 cm³/mol. The maximum Gasteiger partial charge on any atom is 0.499 e. The van der Waals surface area contributed by atoms with Gasteiger partial charge in [0.15, 0.2) is 4.87 Å². The van der Waals surface area contributed by atoms with Gasteiger partial charge in [-0.1, -0.05) is 18.2 Å². The number of hydrogen-bond acceptors (Lipinski definition) is 8. The molecule has 22 heavy (non-hydrogen) atoms. The van der Waals surface area contributed by atoms with Gasteiger partial charge in [-0.3, -0.25) is 4.90 Å². The van der Waals surface area contributed by atoms with Crippen LogP contribution in [0.2, 0.25) is 0 Å². The molecule has 4 saturated heterocycles. The second-order valence-corrected chi connectivity index (χ2v) is 9.31. The molecule has 4 fully saturated rings. The highest BCUT2D eigenvalue weighted by Gasteiger charge is 2.83. The molecule has 0 radical (unpaired) electrons. The molecule has 1 atom stereocenters. The van der Waals surface area contributed by atoms with Gasteiger partial charge < -0.3 is 0 Å². The van der Waals surface area contributed by atoms with Gasteiger partial charge in [-0.25, -0.2) is 22.0 Å². The highest BCUT2D eigenvalue weighted by atomic mass is 32.2. The Bertz CT molecular complexity index is 774. The Morgan fingerprint density at radius 3 is 2.45 bits per heavy atom. The molecule has 0 amide bonds. The minimum atomic E-state index is -3.88. The molecule has 1 aromatic rings. The van der Waals surface area contributed by atoms with Gasteiger partial charge in [-0.2, -0.15) is 4.62 Å². The zero-order valence-electron chi connectivity index (χ0n) is 12.0. The van der Waals surface area contributed by atoms with Gasteiger partial charge in [0.05, 0.1) is 4.90 Å². The minimum absolute atomic E-state index is 0.140. The number of phosphoric acid groups is 1. The average molecular weight is 346 g/mol. The Balaban J connectivity index is 1.90. The lowest BCUT2D eigenvalue weighted by molar-refractivity contribution is -0.332. The lowest BCUT2D eigenvalue weighted by atomic mass is 10.1. The third kappa shape index (κ3) is 1.50. The van der Waals surface area contributed by atoms with Crippen LogP contribution in [0.3, 0.4) is 0 Å². The van der Waals surface area contributed by atoms with E-state index < -0.39 is 28.4 Å². The number of piperazine rings is 1. The first-order valence-electron chi connectivity index (χ1n) is 6.75. The van der Waals surface area contributed by atoms with Crippen LogP contribution in [0.4, 0.5) is 0 Å². The standard InChI is InChI=1S/C12H15N2O6PS/c1-11(22(16,17)10-6-4-3-5-7-10)12-14(9-8-13(11)2)20-21(15,18-12)19-12/h3-7H,8-9H2,1-2H3. The molecule has 4 aliphatic heterocycles. The van der Waals surface area contributed by atoms with E-state index >= 15 is 0 Å². The van der Waals surface area contributed by atoms with Gasteiger partial charge in [0.1, 0.15) is 0 Å². The van der Waals surface area contributed by atoms with E-state index in [9.17, 15) is 13.0 Å². The van der Waals surface area contributed by atoms with Gasteiger partial charge in [-0.15, -0.1) is 5.06 Å². The first-order valence-corrected chi connectivity index (χ1v) is 9.69. The van der Waals surface area contributed by atoms with Crippen molar-refractivity contribution in [2.75, 3.05) is 20.1 Å². The Kier molecular flexibility index (Phi) is 2.81. The van der Waals surface area contributed by atoms with Crippen LogP contribution < -0.4 is 0 Å². The van der Waals surface area contributed by atoms with E-state index in [0.717, 1.165) is 0 Å². The molecule has 1 unspecified atom stereocenters. The Hall–Kier alpha value is -0.800. The molecule has 4 aliphatic rings. The van der Waals surface area contributed by atoms with Gasteiger partial charge in [0.2, 0.25) is 9.84 Å². The topological polar surface area (TPSA) is 85.4 Å². The molecule has 0 N–H and O–H groups in total. The van der Waals surface area contributed by atoms with E-state index in [-0.39, 0.29) is 4.90 Å². The number of likely N-dealkylation sites (N-methyl/N-ethyl adjacent to an activating group) is 1. The van der Waals surface area contributed by atoms with Gasteiger partial charge in [0.25, 0.3) is 0 Å². The van der Waals surface area contributed by atoms with Crippen molar-refractivity contribution in [3.05, 3.63) is 30.3 Å². The molecular formula is C12H15N2O6PS. The summed E-state index contributed by atoms with van der Waals surface area (Å²) in [5, 5.41) is 1.24. The lowest BCUT2D eigenvalue weighted by Gasteiger charge is -2.54. The van der Waals surface area contributed by atoms with Crippen molar-refractivity contribution in [3.63, 3.8) is 0 Å². The monoisotopic (exact) mass is 346 g/mol. The van der Waals surface area contributed by atoms with Gasteiger partial charge >= 0.3 is 13.7 Å². The predicted octanol–water partition coefficient (Wildman–Crippen LogP) is 1.18. The second-order valence-electron chi connectivity index (χ2n) is 5.62. The Labute approximate surface area is 128 Å². The first-order chi connectivity index (χ1) is 10.3. The summed E-state index contributed by atoms with van der Waals surface area (Å²) in [5.74, 6) is -1.70. The largest absolute Gasteiger partial charge is 0.499 e. The van der Waals surface area contributed by atoms with Crippen molar-refractivity contribution in [1.82, 2.24) is 9.96 Å². The van der Waals surface area contributed by atoms with Crippen LogP contribution in [-0.4, -0.2) is 49.3 Å². The molecule has 1 aromatic carbocycles. The van der Waals surface area contributed by atoms with Crippen molar-refractivity contribution in [1.29, 1.82) is 0 Å². The fourth-order valence-corrected chi connectivity index (χ4v) is 6.88. The normalized spacial score (nSPS) is 41.9. The number of benzene rings is 1. The quantitative estimate of drug-likeness (QED) is 0.738. The molecule has 8 nitrogen and oxygen atoms in total. The summed E-state index contributed by atoms with van der Waals surface area (Å²) in [7, 11) is -5.86. The van der Waals surface area contributed by atoms with E-state index in [1.165, 1.54) is 24.1 Å². The van der Waals surface area contributed by atoms with E-state index in [1.54, 1.807) is 30.1 Å². The molecule has 0 saturated carbocycles. The van der Waals surface area contributed by atoms with Crippen LogP contribution in [0, 0.1) is 0 Å². The summed E-state index contributed by atoms with van der Waals surface area (Å²) < 4.78 is 54.2. The lowest BCUT2D eigenvalue weighted by Crippen LogP contribution is -2.76. The molecular weight excluding hydrogens is 331 g/mol. The zero-order valence-corrected chi connectivity index (χ0v) is 13.7. The summed E-state index contributed by atoms with van der Waals surface area (Å²) in [6, 6.07) is 8.05. The summed E-state index contributed by atoms with van der Waals surface area (Å²) >= 11 is 0. The maximum absolute atomic E-state index is 13.2. The van der Waals surface area contributed by atoms with Crippen molar-refractivity contribution < 1.29 is 26.7 Å². The van der Waals surface area contributed by atoms with Crippen LogP contribution in [0.15, 0.2) is 35.2 Å². The van der Waals surface area contributed by atoms with Crippen molar-refractivity contribution in [2.24, 2.45) is 0 Å². The number of rotatable bonds is 2. The first kappa shape index (κ1) is 14.8. The Morgan fingerprint density at radius 2 is 1.82 bits per heavy atom. The van der Waals surface area contributed by atoms with E-state index in [4.69, 9.17) is 13.7 Å². The third-order valence-electron chi connectivity index (χ3n) is 4.53. The molecule has 0 aliphatic carbocycles. The van der Waals surface area contributed by atoms with Crippen LogP contribution in [0.5, 0.6) is 0 Å². The number of nitrogens with zero attached hydrogens (tertiary/aromatic N) is 2. The zero-order chi connectivity index (χ0) is 15.8. The van der Waals surface area contributed by atoms with E-state index in [0.29, 0.717) is 13.1 Å². The average Bonchev–Trinajstić information content (AvgIpc) is 2.93. The molecule has 120 valence electrons. The van der Waals surface area contributed by atoms with Crippen LogP contribution >= 0.6 is 7.82 Å². The summed E-state index contributed by atoms with van der Waals surface area (Å²) in [5.41, 5.74) is 0. The molecule has 0 aromatic heterocycles. The van der Waals surface area contributed by atoms with Crippen LogP contribution in [0.25, 0.3) is 0 Å². The molecule has 4 heterocycles. The van der Waals surface area contributed by atoms with E-state index in [2.05, 4.69) is 0 Å². The fourth-order valence-electron chi connectivity index (χ4n) is 3.10. The summed E-state index contributed by atoms with van der Waals surface area (Å²) in [6.45, 7) is 2.23. The molecule has 2 bridgehead atoms. The maximum atomic E-state index is 13.2. The number of hydroxylamine groups is 2. The summed E-state index contributed by atoms with van der Waals surface area (Å²) in [4.78, 5) is 0.176. The fraction of sp³-hybridized carbons (Fsp3) is 0.500. The van der Waals surface area contributed by atoms with Gasteiger partial charge in [0, 0.05) is 13.1 Å². The molecule has 5 rings (SSSR count). The van der Waals surface area contributed by atoms with Crippen molar-refractivity contribution in [2.45, 2.75) is 22.6 Å². The molecule has 1 spiro atoms. The van der Waals surface area contributed by atoms with Crippen molar-refractivity contribution >= 4 is 17.7 Å². The highest BCUT2D eigenvalue weighted by Crippen LogP contribution is 2.77. The van der Waals surface area contributed by atoms with Crippen molar-refractivity contribution in [3.8, 4) is 0 Å². The highest BCUT2D eigenvalue weighted by molar-refractivity contribution is 7.93. The number of phosphoric ester groups is 1. The summed E-state index contributed by atoms with van der Waals surface area (Å²) in [6.07, 6.45) is 0. The Morgan fingerprint density at radius 1 is 1.18 bits per heavy atom. The minimum Gasteiger partial charge on any atom is -0.280 e. The second kappa shape index (κ2) is 4.18. The van der Waals surface area contributed by atoms with E-state index in [1.807, 2.05) is 0 Å². The van der Waals surface area contributed by atoms with Gasteiger partial charge in [-0.05, 0) is 26.1 Å². The third-order valence-corrected chi connectivity index (χ3v) is 8.38. The van der Waals surface area contributed by atoms with Crippen LogP contribution in [-0.2, 0) is 28.1 Å². The number of hydrogen-bond donors (Lipinski definition) is 0. The number of sulfone groups is 1. The smallest absolute Gasteiger partial charge is 0.280 e. The molecule has 10 heteroatoms.